The van der Waals surface area contributed by atoms with Gasteiger partial charge in [0.15, 0.2) is 5.75 Å². The van der Waals surface area contributed by atoms with Gasteiger partial charge in [0.05, 0.1) is 23.7 Å². The molecule has 0 saturated heterocycles. The van der Waals surface area contributed by atoms with Crippen molar-refractivity contribution in [2.24, 2.45) is 0 Å². The molecular formula is C25H15ClF5N3O4. The van der Waals surface area contributed by atoms with Gasteiger partial charge in [-0.2, -0.15) is 13.2 Å². The number of nitrogens with zero attached hydrogens (tertiary/aromatic N) is 1. The van der Waals surface area contributed by atoms with Crippen molar-refractivity contribution in [2.75, 3.05) is 12.3 Å². The summed E-state index contributed by atoms with van der Waals surface area (Å²) >= 11 is 6.25. The van der Waals surface area contributed by atoms with Crippen LogP contribution in [0.3, 0.4) is 0 Å². The molecule has 1 atom stereocenters. The third-order valence-corrected chi connectivity index (χ3v) is 6.27. The topological polar surface area (TPSA) is 87.7 Å². The number of amides is 3. The van der Waals surface area contributed by atoms with Gasteiger partial charge in [-0.3, -0.25) is 9.59 Å². The number of carbonyl (C=O) groups is 3. The van der Waals surface area contributed by atoms with Crippen LogP contribution < -0.4 is 15.4 Å². The number of hydrogen-bond donors (Lipinski definition) is 2. The first-order chi connectivity index (χ1) is 19.0. The van der Waals surface area contributed by atoms with Gasteiger partial charge in [0.2, 0.25) is 0 Å². The molecule has 0 saturated carbocycles. The Morgan fingerprint density at radius 1 is 1.16 bits per heavy atom. The van der Waals surface area contributed by atoms with Crippen LogP contribution >= 0.6 is 11.6 Å². The lowest BCUT2D eigenvalue weighted by Crippen LogP contribution is -2.34. The van der Waals surface area contributed by atoms with E-state index in [0.29, 0.717) is 17.0 Å². The molecule has 7 nitrogen and oxygen atoms in total. The normalized spacial score (nSPS) is 18.0. The van der Waals surface area contributed by atoms with E-state index < -0.39 is 66.4 Å². The number of fused-ring (bicyclic) bond motifs is 3. The van der Waals surface area contributed by atoms with Crippen molar-refractivity contribution in [2.45, 2.75) is 18.8 Å². The SMILES string of the molecule is [2H]C([2H])([2H])N1Cc2cc(NC(=O)c3cc(F)cc(C(F)(F)F)c3)c3c(c2OC1=O)C(=O)NC3c1cc(F)ccc1Cl. The number of alkyl halides is 3. The summed E-state index contributed by atoms with van der Waals surface area (Å²) in [5.74, 6) is -4.50. The highest BCUT2D eigenvalue weighted by Gasteiger charge is 2.41. The van der Waals surface area contributed by atoms with Gasteiger partial charge in [-0.05, 0) is 42.5 Å². The summed E-state index contributed by atoms with van der Waals surface area (Å²) in [6.45, 7) is -3.55. The van der Waals surface area contributed by atoms with Crippen LogP contribution in [0.15, 0.2) is 42.5 Å². The number of ether oxygens (including phenoxy) is 1. The Hall–Kier alpha value is -4.19. The summed E-state index contributed by atoms with van der Waals surface area (Å²) in [4.78, 5) is 39.1. The maximum Gasteiger partial charge on any atom is 0.416 e. The van der Waals surface area contributed by atoms with Crippen molar-refractivity contribution < 1.29 is 45.2 Å². The van der Waals surface area contributed by atoms with Gasteiger partial charge in [0.25, 0.3) is 11.8 Å². The van der Waals surface area contributed by atoms with Crippen LogP contribution in [-0.2, 0) is 12.7 Å². The van der Waals surface area contributed by atoms with E-state index in [1.54, 1.807) is 0 Å². The first-order valence-corrected chi connectivity index (χ1v) is 11.1. The Labute approximate surface area is 220 Å². The molecule has 2 aliphatic heterocycles. The number of hydrogen-bond acceptors (Lipinski definition) is 4. The highest BCUT2D eigenvalue weighted by atomic mass is 35.5. The van der Waals surface area contributed by atoms with Crippen LogP contribution in [0.25, 0.3) is 0 Å². The van der Waals surface area contributed by atoms with Crippen molar-refractivity contribution in [1.29, 1.82) is 0 Å². The summed E-state index contributed by atoms with van der Waals surface area (Å²) in [6, 6.07) is 4.33. The Morgan fingerprint density at radius 2 is 1.92 bits per heavy atom. The second-order valence-electron chi connectivity index (χ2n) is 8.41. The van der Waals surface area contributed by atoms with Gasteiger partial charge < -0.3 is 20.3 Å². The molecule has 0 spiro atoms. The van der Waals surface area contributed by atoms with Crippen LogP contribution in [0, 0.1) is 11.6 Å². The van der Waals surface area contributed by atoms with E-state index in [-0.39, 0.29) is 44.8 Å². The maximum absolute atomic E-state index is 14.2. The van der Waals surface area contributed by atoms with E-state index in [9.17, 15) is 36.3 Å². The quantitative estimate of drug-likeness (QED) is 0.409. The zero-order valence-electron chi connectivity index (χ0n) is 21.7. The summed E-state index contributed by atoms with van der Waals surface area (Å²) in [5.41, 5.74) is -2.85. The molecule has 3 amide bonds. The minimum absolute atomic E-state index is 0.00920. The number of anilines is 1. The molecule has 1 unspecified atom stereocenters. The zero-order valence-corrected chi connectivity index (χ0v) is 19.4. The van der Waals surface area contributed by atoms with E-state index in [4.69, 9.17) is 20.5 Å². The Balaban J connectivity index is 1.68. The average Bonchev–Trinajstić information content (AvgIpc) is 3.21. The molecule has 38 heavy (non-hydrogen) atoms. The lowest BCUT2D eigenvalue weighted by Gasteiger charge is -2.27. The second kappa shape index (κ2) is 8.98. The van der Waals surface area contributed by atoms with Gasteiger partial charge >= 0.3 is 12.3 Å². The van der Waals surface area contributed by atoms with Crippen molar-refractivity contribution in [1.82, 2.24) is 10.2 Å². The Bertz CT molecular complexity index is 1650. The minimum atomic E-state index is -4.97. The second-order valence-corrected chi connectivity index (χ2v) is 8.82. The third kappa shape index (κ3) is 4.40. The molecule has 0 radical (unpaired) electrons. The molecule has 2 N–H and O–H groups in total. The molecule has 0 fully saturated rings. The van der Waals surface area contributed by atoms with E-state index in [1.165, 1.54) is 6.07 Å². The van der Waals surface area contributed by atoms with Crippen molar-refractivity contribution in [3.8, 4) is 5.75 Å². The number of carbonyl (C=O) groups excluding carboxylic acids is 3. The fourth-order valence-corrected chi connectivity index (χ4v) is 4.53. The molecule has 5 rings (SSSR count). The van der Waals surface area contributed by atoms with Crippen LogP contribution in [0.5, 0.6) is 5.75 Å². The molecule has 0 aromatic heterocycles. The first kappa shape index (κ1) is 21.9. The van der Waals surface area contributed by atoms with Gasteiger partial charge in [-0.15, -0.1) is 0 Å². The van der Waals surface area contributed by atoms with Crippen LogP contribution in [0.1, 0.15) is 53.1 Å². The smallest absolute Gasteiger partial charge is 0.409 e. The molecule has 2 heterocycles. The van der Waals surface area contributed by atoms with Gasteiger partial charge in [-0.25, -0.2) is 13.6 Å². The number of halogens is 6. The maximum atomic E-state index is 14.2. The summed E-state index contributed by atoms with van der Waals surface area (Å²) in [5, 5.41) is 4.86. The Morgan fingerprint density at radius 3 is 2.63 bits per heavy atom. The number of rotatable bonds is 3. The third-order valence-electron chi connectivity index (χ3n) is 5.93. The van der Waals surface area contributed by atoms with Crippen molar-refractivity contribution in [3.05, 3.63) is 92.5 Å². The van der Waals surface area contributed by atoms with E-state index in [2.05, 4.69) is 10.6 Å². The fourth-order valence-electron chi connectivity index (χ4n) is 4.30. The van der Waals surface area contributed by atoms with Crippen LogP contribution in [0.4, 0.5) is 32.4 Å². The highest BCUT2D eigenvalue weighted by molar-refractivity contribution is 6.31. The number of nitrogens with one attached hydrogen (secondary N) is 2. The average molecular weight is 555 g/mol. The fraction of sp³-hybridized carbons (Fsp3) is 0.160. The van der Waals surface area contributed by atoms with Gasteiger partial charge in [0, 0.05) is 44.1 Å². The molecule has 0 aliphatic carbocycles. The van der Waals surface area contributed by atoms with Gasteiger partial charge in [-0.1, -0.05) is 11.6 Å². The molecule has 196 valence electrons. The zero-order chi connectivity index (χ0) is 30.0. The number of benzene rings is 3. The monoisotopic (exact) mass is 554 g/mol. The summed E-state index contributed by atoms with van der Waals surface area (Å²) in [7, 11) is 0. The van der Waals surface area contributed by atoms with E-state index in [0.717, 1.165) is 18.2 Å². The lowest BCUT2D eigenvalue weighted by atomic mass is 9.93. The molecule has 0 bridgehead atoms. The minimum Gasteiger partial charge on any atom is -0.409 e. The molecule has 3 aromatic carbocycles. The molecule has 3 aromatic rings. The first-order valence-electron chi connectivity index (χ1n) is 12.2. The van der Waals surface area contributed by atoms with E-state index >= 15 is 0 Å². The molecular weight excluding hydrogens is 537 g/mol. The van der Waals surface area contributed by atoms with Crippen LogP contribution in [0.2, 0.25) is 5.02 Å². The standard InChI is InChI=1S/C25H15ClF5N3O4/c1-34-9-11-6-17(32-22(35)10-4-12(25(29,30)31)7-14(28)5-10)18-19(21(11)38-24(34)37)23(36)33-20(18)15-8-13(27)2-3-16(15)26/h2-8,20H,9H2,1H3,(H,32,35)(H,33,36)/i1D3. The Kier molecular flexibility index (Phi) is 5.16. The van der Waals surface area contributed by atoms with Crippen molar-refractivity contribution in [3.63, 3.8) is 0 Å². The van der Waals surface area contributed by atoms with Crippen molar-refractivity contribution >= 4 is 35.2 Å². The summed E-state index contributed by atoms with van der Waals surface area (Å²) < 4.78 is 95.9. The lowest BCUT2D eigenvalue weighted by molar-refractivity contribution is -0.137. The molecule has 2 aliphatic rings. The molecule has 13 heteroatoms. The predicted octanol–water partition coefficient (Wildman–Crippen LogP) is 5.67. The summed E-state index contributed by atoms with van der Waals surface area (Å²) in [6.07, 6.45) is -6.27. The predicted molar refractivity (Wildman–Crippen MR) is 124 cm³/mol. The van der Waals surface area contributed by atoms with E-state index in [1.807, 2.05) is 0 Å². The largest absolute Gasteiger partial charge is 0.416 e. The van der Waals surface area contributed by atoms with Gasteiger partial charge in [0.1, 0.15) is 11.6 Å². The highest BCUT2D eigenvalue weighted by Crippen LogP contribution is 2.46. The van der Waals surface area contributed by atoms with Crippen LogP contribution in [-0.4, -0.2) is 29.8 Å².